The fourth-order valence-electron chi connectivity index (χ4n) is 3.91. The Kier molecular flexibility index (Phi) is 5.40. The number of nitrogens with zero attached hydrogens (tertiary/aromatic N) is 2. The number of carbonyl (C=O) groups excluding carboxylic acids is 2. The minimum absolute atomic E-state index is 0.104. The predicted octanol–water partition coefficient (Wildman–Crippen LogP) is 4.04. The summed E-state index contributed by atoms with van der Waals surface area (Å²) >= 11 is 0. The van der Waals surface area contributed by atoms with E-state index in [2.05, 4.69) is 4.98 Å². The Morgan fingerprint density at radius 2 is 1.78 bits per heavy atom. The number of aliphatic hydroxyl groups excluding tert-OH is 1. The lowest BCUT2D eigenvalue weighted by Gasteiger charge is -2.26. The van der Waals surface area contributed by atoms with Crippen molar-refractivity contribution in [1.82, 2.24) is 4.98 Å². The molecule has 1 aliphatic heterocycles. The van der Waals surface area contributed by atoms with Gasteiger partial charge in [0.1, 0.15) is 17.3 Å². The van der Waals surface area contributed by atoms with Gasteiger partial charge in [0.2, 0.25) is 0 Å². The van der Waals surface area contributed by atoms with Crippen molar-refractivity contribution in [3.63, 3.8) is 0 Å². The minimum Gasteiger partial charge on any atom is -0.507 e. The molecule has 1 amide bonds. The van der Waals surface area contributed by atoms with Crippen molar-refractivity contribution < 1.29 is 24.5 Å². The van der Waals surface area contributed by atoms with E-state index in [1.165, 1.54) is 24.3 Å². The molecule has 0 bridgehead atoms. The normalized spacial score (nSPS) is 17.6. The van der Waals surface area contributed by atoms with Crippen LogP contribution < -0.4 is 9.64 Å². The third-order valence-electron chi connectivity index (χ3n) is 5.45. The summed E-state index contributed by atoms with van der Waals surface area (Å²) < 4.78 is 5.37. The molecular weight excluding hydrogens is 408 g/mol. The molecule has 0 saturated carbocycles. The number of hydrogen-bond acceptors (Lipinski definition) is 6. The number of carbonyl (C=O) groups is 2. The summed E-state index contributed by atoms with van der Waals surface area (Å²) in [5.74, 6) is -1.86. The Hall–Kier alpha value is -4.13. The molecule has 7 nitrogen and oxygen atoms in total. The fourth-order valence-corrected chi connectivity index (χ4v) is 3.91. The zero-order valence-corrected chi connectivity index (χ0v) is 17.9. The molecule has 1 aromatic heterocycles. The first-order valence-electron chi connectivity index (χ1n) is 9.99. The zero-order valence-electron chi connectivity index (χ0n) is 17.9. The number of phenols is 1. The Morgan fingerprint density at radius 3 is 2.47 bits per heavy atom. The summed E-state index contributed by atoms with van der Waals surface area (Å²) in [6.45, 7) is 3.66. The molecule has 1 aliphatic rings. The molecule has 1 saturated heterocycles. The van der Waals surface area contributed by atoms with Crippen LogP contribution in [0, 0.1) is 13.8 Å². The maximum Gasteiger partial charge on any atom is 0.300 e. The van der Waals surface area contributed by atoms with Crippen LogP contribution >= 0.6 is 0 Å². The lowest BCUT2D eigenvalue weighted by Crippen LogP contribution is -2.29. The van der Waals surface area contributed by atoms with Gasteiger partial charge in [-0.3, -0.25) is 19.5 Å². The Bertz CT molecular complexity index is 1250. The summed E-state index contributed by atoms with van der Waals surface area (Å²) in [7, 11) is 1.46. The van der Waals surface area contributed by atoms with Gasteiger partial charge in [-0.15, -0.1) is 0 Å². The van der Waals surface area contributed by atoms with E-state index in [0.717, 1.165) is 11.1 Å². The van der Waals surface area contributed by atoms with Crippen LogP contribution in [0.5, 0.6) is 11.5 Å². The van der Waals surface area contributed by atoms with E-state index in [-0.39, 0.29) is 22.8 Å². The lowest BCUT2D eigenvalue weighted by atomic mass is 9.95. The highest BCUT2D eigenvalue weighted by Crippen LogP contribution is 2.45. The summed E-state index contributed by atoms with van der Waals surface area (Å²) in [6.07, 6.45) is 3.10. The van der Waals surface area contributed by atoms with Crippen molar-refractivity contribution in [2.75, 3.05) is 12.0 Å². The quantitative estimate of drug-likeness (QED) is 0.368. The van der Waals surface area contributed by atoms with E-state index in [0.29, 0.717) is 16.9 Å². The molecule has 3 aromatic rings. The van der Waals surface area contributed by atoms with E-state index in [1.54, 1.807) is 42.6 Å². The van der Waals surface area contributed by atoms with Crippen LogP contribution in [-0.4, -0.2) is 34.0 Å². The number of ketones is 1. The van der Waals surface area contributed by atoms with Gasteiger partial charge in [-0.05, 0) is 55.3 Å². The van der Waals surface area contributed by atoms with Gasteiger partial charge in [-0.25, -0.2) is 0 Å². The maximum absolute atomic E-state index is 13.2. The number of Topliss-reactive ketones (excluding diaryl/α,β-unsaturated/α-hetero) is 1. The molecule has 2 N–H and O–H groups in total. The van der Waals surface area contributed by atoms with Gasteiger partial charge < -0.3 is 14.9 Å². The number of hydrogen-bond donors (Lipinski definition) is 2. The highest BCUT2D eigenvalue weighted by molar-refractivity contribution is 6.52. The van der Waals surface area contributed by atoms with Gasteiger partial charge in [0.15, 0.2) is 0 Å². The second-order valence-corrected chi connectivity index (χ2v) is 7.65. The van der Waals surface area contributed by atoms with Gasteiger partial charge in [0.05, 0.1) is 30.0 Å². The number of anilines is 1. The van der Waals surface area contributed by atoms with Gasteiger partial charge >= 0.3 is 0 Å². The van der Waals surface area contributed by atoms with Crippen molar-refractivity contribution in [3.8, 4) is 11.5 Å². The topological polar surface area (TPSA) is 100.0 Å². The number of aliphatic hydroxyl groups is 1. The van der Waals surface area contributed by atoms with Gasteiger partial charge in [-0.1, -0.05) is 23.8 Å². The first-order valence-corrected chi connectivity index (χ1v) is 9.99. The lowest BCUT2D eigenvalue weighted by molar-refractivity contribution is -0.132. The number of aryl methyl sites for hydroxylation is 2. The highest BCUT2D eigenvalue weighted by atomic mass is 16.5. The molecule has 7 heteroatoms. The van der Waals surface area contributed by atoms with E-state index in [1.807, 2.05) is 19.9 Å². The van der Waals surface area contributed by atoms with Gasteiger partial charge in [-0.2, -0.15) is 0 Å². The van der Waals surface area contributed by atoms with Crippen LogP contribution in [-0.2, 0) is 9.59 Å². The van der Waals surface area contributed by atoms with E-state index in [4.69, 9.17) is 4.74 Å². The monoisotopic (exact) mass is 430 g/mol. The molecule has 0 aliphatic carbocycles. The Morgan fingerprint density at radius 1 is 1.06 bits per heavy atom. The SMILES string of the molecule is COc1ccc(C)cc1/C(O)=C1\C(=O)C(=O)N(c2cc(C)ccc2O)C1c1cccnc1. The van der Waals surface area contributed by atoms with E-state index >= 15 is 0 Å². The number of pyridine rings is 1. The van der Waals surface area contributed by atoms with E-state index in [9.17, 15) is 19.8 Å². The number of rotatable bonds is 4. The Labute approximate surface area is 185 Å². The van der Waals surface area contributed by atoms with Crippen molar-refractivity contribution in [3.05, 3.63) is 88.8 Å². The molecule has 2 aromatic carbocycles. The van der Waals surface area contributed by atoms with Crippen LogP contribution in [0.15, 0.2) is 66.5 Å². The van der Waals surface area contributed by atoms with Crippen molar-refractivity contribution in [2.24, 2.45) is 0 Å². The molecular formula is C25H22N2O5. The van der Waals surface area contributed by atoms with E-state index < -0.39 is 17.7 Å². The third kappa shape index (κ3) is 3.47. The number of benzene rings is 2. The molecule has 162 valence electrons. The standard InChI is InChI=1S/C25H22N2O5/c1-14-7-9-20(32-3)17(11-14)23(29)21-22(16-5-4-10-26-13-16)27(25(31)24(21)30)18-12-15(2)6-8-19(18)28/h4-13,22,28-29H,1-3H3/b23-21+. The molecule has 32 heavy (non-hydrogen) atoms. The average molecular weight is 430 g/mol. The minimum atomic E-state index is -0.985. The molecule has 0 radical (unpaired) electrons. The van der Waals surface area contributed by atoms with Crippen LogP contribution in [0.1, 0.15) is 28.3 Å². The second-order valence-electron chi connectivity index (χ2n) is 7.65. The predicted molar refractivity (Wildman–Crippen MR) is 120 cm³/mol. The van der Waals surface area contributed by atoms with Crippen molar-refractivity contribution in [1.29, 1.82) is 0 Å². The van der Waals surface area contributed by atoms with Crippen LogP contribution in [0.4, 0.5) is 5.69 Å². The van der Waals surface area contributed by atoms with Crippen LogP contribution in [0.25, 0.3) is 5.76 Å². The number of aromatic hydroxyl groups is 1. The summed E-state index contributed by atoms with van der Waals surface area (Å²) in [4.78, 5) is 31.7. The van der Waals surface area contributed by atoms with Crippen LogP contribution in [0.2, 0.25) is 0 Å². The smallest absolute Gasteiger partial charge is 0.300 e. The van der Waals surface area contributed by atoms with Crippen LogP contribution in [0.3, 0.4) is 0 Å². The zero-order chi connectivity index (χ0) is 23.0. The fraction of sp³-hybridized carbons (Fsp3) is 0.160. The van der Waals surface area contributed by atoms with Crippen molar-refractivity contribution in [2.45, 2.75) is 19.9 Å². The first kappa shape index (κ1) is 21.1. The largest absolute Gasteiger partial charge is 0.507 e. The summed E-state index contributed by atoms with van der Waals surface area (Å²) in [6, 6.07) is 12.4. The number of ether oxygens (including phenoxy) is 1. The molecule has 0 spiro atoms. The average Bonchev–Trinajstić information content (AvgIpc) is 3.06. The Balaban J connectivity index is 2.01. The second kappa shape index (κ2) is 8.19. The maximum atomic E-state index is 13.2. The molecule has 1 unspecified atom stereocenters. The molecule has 4 rings (SSSR count). The van der Waals surface area contributed by atoms with Crippen molar-refractivity contribution >= 4 is 23.1 Å². The molecule has 1 fully saturated rings. The summed E-state index contributed by atoms with van der Waals surface area (Å²) in [5, 5.41) is 21.8. The molecule has 2 heterocycles. The van der Waals surface area contributed by atoms with Gasteiger partial charge in [0, 0.05) is 12.4 Å². The third-order valence-corrected chi connectivity index (χ3v) is 5.45. The number of aromatic nitrogens is 1. The highest BCUT2D eigenvalue weighted by Gasteiger charge is 2.48. The van der Waals surface area contributed by atoms with Gasteiger partial charge in [0.25, 0.3) is 11.7 Å². The number of amides is 1. The number of methoxy groups -OCH3 is 1. The number of phenolic OH excluding ortho intramolecular Hbond substituents is 1. The first-order chi connectivity index (χ1) is 15.3. The summed E-state index contributed by atoms with van der Waals surface area (Å²) in [5.41, 5.74) is 2.53. The molecule has 1 atom stereocenters.